The summed E-state index contributed by atoms with van der Waals surface area (Å²) in [5.74, 6) is -0.933. The lowest BCUT2D eigenvalue weighted by Gasteiger charge is -2.12. The molecule has 1 unspecified atom stereocenters. The van der Waals surface area contributed by atoms with Gasteiger partial charge >= 0.3 is 0 Å². The van der Waals surface area contributed by atoms with Crippen molar-refractivity contribution in [3.63, 3.8) is 0 Å². The standard InChI is InChI=1S/C25H23F2NO4/c26-17-4-8-24(23(27)12-17)28-18-5-7-21-16(11-18)2-1-15-3-6-20(13-22(15)25(21)31)32-10-9-19(30)14-29/h3-8,11-13,19,28-30H,1-2,9-10,14H2. The summed E-state index contributed by atoms with van der Waals surface area (Å²) in [6.45, 7) is -0.103. The van der Waals surface area contributed by atoms with Crippen molar-refractivity contribution in [3.8, 4) is 5.75 Å². The van der Waals surface area contributed by atoms with E-state index in [0.717, 1.165) is 17.2 Å². The molecule has 0 heterocycles. The Morgan fingerprint density at radius 3 is 2.56 bits per heavy atom. The summed E-state index contributed by atoms with van der Waals surface area (Å²) < 4.78 is 32.8. The zero-order chi connectivity index (χ0) is 22.7. The van der Waals surface area contributed by atoms with E-state index in [4.69, 9.17) is 9.84 Å². The second-order valence-corrected chi connectivity index (χ2v) is 7.74. The highest BCUT2D eigenvalue weighted by Gasteiger charge is 2.22. The van der Waals surface area contributed by atoms with Crippen molar-refractivity contribution < 1.29 is 28.5 Å². The predicted octanol–water partition coefficient (Wildman–Crippen LogP) is 4.16. The van der Waals surface area contributed by atoms with Crippen LogP contribution in [0.4, 0.5) is 20.2 Å². The molecule has 0 spiro atoms. The molecular weight excluding hydrogens is 416 g/mol. The first kappa shape index (κ1) is 21.9. The summed E-state index contributed by atoms with van der Waals surface area (Å²) in [5, 5.41) is 21.3. The number of ketones is 1. The summed E-state index contributed by atoms with van der Waals surface area (Å²) in [4.78, 5) is 13.2. The van der Waals surface area contributed by atoms with Gasteiger partial charge in [0, 0.05) is 29.3 Å². The van der Waals surface area contributed by atoms with Crippen LogP contribution in [-0.4, -0.2) is 35.3 Å². The summed E-state index contributed by atoms with van der Waals surface area (Å²) in [5.41, 5.74) is 3.65. The lowest BCUT2D eigenvalue weighted by molar-refractivity contribution is 0.0753. The molecule has 3 aromatic rings. The smallest absolute Gasteiger partial charge is 0.193 e. The number of hydrogen-bond acceptors (Lipinski definition) is 5. The van der Waals surface area contributed by atoms with Crippen LogP contribution >= 0.6 is 0 Å². The van der Waals surface area contributed by atoms with Crippen LogP contribution in [0.1, 0.15) is 33.5 Å². The van der Waals surface area contributed by atoms with Gasteiger partial charge in [-0.15, -0.1) is 0 Å². The first-order chi connectivity index (χ1) is 15.4. The predicted molar refractivity (Wildman–Crippen MR) is 117 cm³/mol. The molecule has 0 bridgehead atoms. The van der Waals surface area contributed by atoms with Gasteiger partial charge < -0.3 is 20.3 Å². The minimum atomic E-state index is -0.837. The highest BCUT2D eigenvalue weighted by atomic mass is 19.1. The molecule has 1 aliphatic rings. The fourth-order valence-electron chi connectivity index (χ4n) is 3.74. The maximum Gasteiger partial charge on any atom is 0.193 e. The molecule has 0 saturated heterocycles. The molecule has 0 aromatic heterocycles. The average molecular weight is 439 g/mol. The molecule has 32 heavy (non-hydrogen) atoms. The number of aliphatic hydroxyl groups excluding tert-OH is 2. The fraction of sp³-hybridized carbons (Fsp3) is 0.240. The second-order valence-electron chi connectivity index (χ2n) is 7.74. The molecule has 0 radical (unpaired) electrons. The van der Waals surface area contributed by atoms with Gasteiger partial charge in [0.25, 0.3) is 0 Å². The Balaban J connectivity index is 1.54. The SMILES string of the molecule is O=C1c2ccc(Nc3ccc(F)cc3F)cc2CCc2ccc(OCCC(O)CO)cc21. The minimum Gasteiger partial charge on any atom is -0.493 e. The number of halogens is 2. The van der Waals surface area contributed by atoms with Crippen LogP contribution < -0.4 is 10.1 Å². The van der Waals surface area contributed by atoms with Crippen molar-refractivity contribution in [1.82, 2.24) is 0 Å². The summed E-state index contributed by atoms with van der Waals surface area (Å²) in [7, 11) is 0. The summed E-state index contributed by atoms with van der Waals surface area (Å²) >= 11 is 0. The van der Waals surface area contributed by atoms with Gasteiger partial charge in [0.15, 0.2) is 5.78 Å². The maximum absolute atomic E-state index is 14.0. The normalized spacial score (nSPS) is 13.7. The van der Waals surface area contributed by atoms with Crippen molar-refractivity contribution in [3.05, 3.63) is 88.5 Å². The van der Waals surface area contributed by atoms with E-state index >= 15 is 0 Å². The van der Waals surface area contributed by atoms with Crippen molar-refractivity contribution in [2.24, 2.45) is 0 Å². The number of aliphatic hydroxyl groups is 2. The Morgan fingerprint density at radius 2 is 1.78 bits per heavy atom. The van der Waals surface area contributed by atoms with E-state index in [-0.39, 0.29) is 31.1 Å². The molecule has 166 valence electrons. The number of rotatable bonds is 7. The van der Waals surface area contributed by atoms with Gasteiger partial charge in [-0.1, -0.05) is 6.07 Å². The Hall–Kier alpha value is -3.29. The molecule has 0 aliphatic heterocycles. The third kappa shape index (κ3) is 4.79. The number of anilines is 2. The minimum absolute atomic E-state index is 0.118. The largest absolute Gasteiger partial charge is 0.493 e. The van der Waals surface area contributed by atoms with Crippen LogP contribution in [0.25, 0.3) is 0 Å². The molecular formula is C25H23F2NO4. The van der Waals surface area contributed by atoms with Gasteiger partial charge in [-0.3, -0.25) is 4.79 Å². The van der Waals surface area contributed by atoms with Crippen LogP contribution in [0.5, 0.6) is 5.75 Å². The molecule has 1 aliphatic carbocycles. The second kappa shape index (κ2) is 9.46. The van der Waals surface area contributed by atoms with Gasteiger partial charge in [0.1, 0.15) is 17.4 Å². The van der Waals surface area contributed by atoms with Crippen molar-refractivity contribution >= 4 is 17.2 Å². The van der Waals surface area contributed by atoms with Crippen LogP contribution in [0.15, 0.2) is 54.6 Å². The molecule has 1 atom stereocenters. The number of nitrogens with one attached hydrogen (secondary N) is 1. The van der Waals surface area contributed by atoms with E-state index in [2.05, 4.69) is 5.32 Å². The number of carbonyl (C=O) groups excluding carboxylic acids is 1. The monoisotopic (exact) mass is 439 g/mol. The molecule has 3 aromatic carbocycles. The number of benzene rings is 3. The number of ether oxygens (including phenoxy) is 1. The zero-order valence-electron chi connectivity index (χ0n) is 17.3. The summed E-state index contributed by atoms with van der Waals surface area (Å²) in [6, 6.07) is 13.9. The molecule has 0 fully saturated rings. The number of aryl methyl sites for hydroxylation is 2. The van der Waals surface area contributed by atoms with Crippen LogP contribution in [0.3, 0.4) is 0 Å². The third-order valence-electron chi connectivity index (χ3n) is 5.48. The van der Waals surface area contributed by atoms with Crippen LogP contribution in [0, 0.1) is 11.6 Å². The molecule has 0 amide bonds. The van der Waals surface area contributed by atoms with Gasteiger partial charge in [0.05, 0.1) is 25.0 Å². The molecule has 0 saturated carbocycles. The Kier molecular flexibility index (Phi) is 6.48. The molecule has 4 rings (SSSR count). The van der Waals surface area contributed by atoms with Gasteiger partial charge in [-0.25, -0.2) is 8.78 Å². The third-order valence-corrected chi connectivity index (χ3v) is 5.48. The molecule has 3 N–H and O–H groups in total. The lowest BCUT2D eigenvalue weighted by atomic mass is 9.98. The number of fused-ring (bicyclic) bond motifs is 2. The Labute approximate surface area is 184 Å². The average Bonchev–Trinajstić information content (AvgIpc) is 2.92. The van der Waals surface area contributed by atoms with Crippen molar-refractivity contribution in [2.45, 2.75) is 25.4 Å². The van der Waals surface area contributed by atoms with E-state index < -0.39 is 17.7 Å². The Bertz CT molecular complexity index is 1150. The molecule has 7 heteroatoms. The maximum atomic E-state index is 14.0. The highest BCUT2D eigenvalue weighted by Crippen LogP contribution is 2.30. The van der Waals surface area contributed by atoms with Crippen molar-refractivity contribution in [1.29, 1.82) is 0 Å². The Morgan fingerprint density at radius 1 is 0.969 bits per heavy atom. The number of carbonyl (C=O) groups is 1. The van der Waals surface area contributed by atoms with Crippen molar-refractivity contribution in [2.75, 3.05) is 18.5 Å². The molecule has 5 nitrogen and oxygen atoms in total. The van der Waals surface area contributed by atoms with Gasteiger partial charge in [0.2, 0.25) is 0 Å². The van der Waals surface area contributed by atoms with E-state index in [9.17, 15) is 18.7 Å². The first-order valence-electron chi connectivity index (χ1n) is 10.4. The van der Waals surface area contributed by atoms with Gasteiger partial charge in [-0.05, 0) is 66.4 Å². The van der Waals surface area contributed by atoms with E-state index in [0.29, 0.717) is 35.4 Å². The fourth-order valence-corrected chi connectivity index (χ4v) is 3.74. The lowest BCUT2D eigenvalue weighted by Crippen LogP contribution is -2.16. The van der Waals surface area contributed by atoms with E-state index in [1.807, 2.05) is 12.1 Å². The zero-order valence-corrected chi connectivity index (χ0v) is 17.3. The van der Waals surface area contributed by atoms with E-state index in [1.165, 1.54) is 12.1 Å². The quantitative estimate of drug-likeness (QED) is 0.515. The van der Waals surface area contributed by atoms with E-state index in [1.54, 1.807) is 24.3 Å². The number of hydrogen-bond donors (Lipinski definition) is 3. The highest BCUT2D eigenvalue weighted by molar-refractivity contribution is 6.11. The van der Waals surface area contributed by atoms with Crippen LogP contribution in [-0.2, 0) is 12.8 Å². The van der Waals surface area contributed by atoms with Gasteiger partial charge in [-0.2, -0.15) is 0 Å². The topological polar surface area (TPSA) is 78.8 Å². The first-order valence-corrected chi connectivity index (χ1v) is 10.4. The van der Waals surface area contributed by atoms with Crippen LogP contribution in [0.2, 0.25) is 0 Å². The summed E-state index contributed by atoms with van der Waals surface area (Å²) in [6.07, 6.45) is 0.745.